The number of alkyl halides is 1. The van der Waals surface area contributed by atoms with Crippen LogP contribution < -0.4 is 5.32 Å². The molecule has 0 radical (unpaired) electrons. The van der Waals surface area contributed by atoms with Crippen molar-refractivity contribution in [3.05, 3.63) is 68.7 Å². The molecule has 0 aromatic heterocycles. The van der Waals surface area contributed by atoms with Crippen LogP contribution in [0, 0.1) is 19.8 Å². The third kappa shape index (κ3) is 6.02. The fourth-order valence-corrected chi connectivity index (χ4v) is 7.62. The van der Waals surface area contributed by atoms with Crippen molar-refractivity contribution >= 4 is 57.6 Å². The SMILES string of the molecule is Cc1cc(C)cc(C(=O)N2CCN(C(=O)CNC3CC4CCC3CN4CI)C(c3ccc(Cl)c(Cl)c3)C2)c1. The van der Waals surface area contributed by atoms with Crippen LogP contribution in [-0.2, 0) is 4.79 Å². The summed E-state index contributed by atoms with van der Waals surface area (Å²) in [7, 11) is 0. The summed E-state index contributed by atoms with van der Waals surface area (Å²) in [6.07, 6.45) is 3.60. The van der Waals surface area contributed by atoms with Crippen LogP contribution in [0.3, 0.4) is 0 Å². The van der Waals surface area contributed by atoms with Gasteiger partial charge in [-0.1, -0.05) is 69.1 Å². The molecule has 6 nitrogen and oxygen atoms in total. The third-order valence-corrected chi connectivity index (χ3v) is 10.0. The molecule has 204 valence electrons. The maximum Gasteiger partial charge on any atom is 0.254 e. The summed E-state index contributed by atoms with van der Waals surface area (Å²) in [4.78, 5) is 33.5. The van der Waals surface area contributed by atoms with Crippen LogP contribution in [0.1, 0.15) is 52.4 Å². The number of rotatable bonds is 6. The van der Waals surface area contributed by atoms with E-state index >= 15 is 0 Å². The number of carbonyl (C=O) groups is 2. The fourth-order valence-electron chi connectivity index (χ4n) is 6.48. The number of aryl methyl sites for hydroxylation is 2. The Hall–Kier alpha value is -1.39. The molecule has 1 aliphatic carbocycles. The minimum absolute atomic E-state index is 0.00914. The Bertz CT molecular complexity index is 1190. The number of benzene rings is 2. The largest absolute Gasteiger partial charge is 0.334 e. The number of hydrogen-bond acceptors (Lipinski definition) is 4. The van der Waals surface area contributed by atoms with Gasteiger partial charge in [0.2, 0.25) is 5.91 Å². The molecule has 6 rings (SSSR count). The molecule has 4 atom stereocenters. The second-order valence-corrected chi connectivity index (χ2v) is 12.5. The first kappa shape index (κ1) is 28.1. The van der Waals surface area contributed by atoms with Crippen molar-refractivity contribution in [2.75, 3.05) is 37.3 Å². The highest BCUT2D eigenvalue weighted by Crippen LogP contribution is 2.36. The molecule has 2 aromatic rings. The lowest BCUT2D eigenvalue weighted by Gasteiger charge is -2.49. The molecule has 4 fully saturated rings. The van der Waals surface area contributed by atoms with Crippen LogP contribution >= 0.6 is 45.8 Å². The van der Waals surface area contributed by atoms with Gasteiger partial charge in [0.05, 0.1) is 27.2 Å². The zero-order valence-electron chi connectivity index (χ0n) is 21.9. The average Bonchev–Trinajstić information content (AvgIpc) is 2.92. The molecular formula is C29H35Cl2IN4O2. The minimum Gasteiger partial charge on any atom is -0.334 e. The van der Waals surface area contributed by atoms with Gasteiger partial charge in [0.25, 0.3) is 5.91 Å². The van der Waals surface area contributed by atoms with Gasteiger partial charge in [0.15, 0.2) is 0 Å². The van der Waals surface area contributed by atoms with E-state index in [0.717, 1.165) is 34.2 Å². The lowest BCUT2D eigenvalue weighted by Crippen LogP contribution is -2.59. The average molecular weight is 669 g/mol. The number of hydrogen-bond donors (Lipinski definition) is 1. The zero-order chi connectivity index (χ0) is 27.0. The van der Waals surface area contributed by atoms with E-state index in [1.807, 2.05) is 47.9 Å². The Morgan fingerprint density at radius 1 is 1.00 bits per heavy atom. The molecule has 3 saturated heterocycles. The molecule has 38 heavy (non-hydrogen) atoms. The number of carbonyl (C=O) groups excluding carboxylic acids is 2. The van der Waals surface area contributed by atoms with Gasteiger partial charge in [0, 0.05) is 43.8 Å². The number of nitrogens with zero attached hydrogens (tertiary/aromatic N) is 3. The summed E-state index contributed by atoms with van der Waals surface area (Å²) in [6.45, 7) is 6.81. The van der Waals surface area contributed by atoms with E-state index in [1.165, 1.54) is 12.8 Å². The molecule has 2 bridgehead atoms. The zero-order valence-corrected chi connectivity index (χ0v) is 25.6. The van der Waals surface area contributed by atoms with Crippen molar-refractivity contribution in [3.63, 3.8) is 0 Å². The van der Waals surface area contributed by atoms with Crippen molar-refractivity contribution in [2.45, 2.75) is 51.2 Å². The van der Waals surface area contributed by atoms with Crippen molar-refractivity contribution in [2.24, 2.45) is 5.92 Å². The maximum atomic E-state index is 13.6. The quantitative estimate of drug-likeness (QED) is 0.252. The van der Waals surface area contributed by atoms with Gasteiger partial charge in [-0.15, -0.1) is 0 Å². The molecular weight excluding hydrogens is 634 g/mol. The van der Waals surface area contributed by atoms with Gasteiger partial charge >= 0.3 is 0 Å². The predicted molar refractivity (Wildman–Crippen MR) is 161 cm³/mol. The first-order chi connectivity index (χ1) is 18.2. The lowest BCUT2D eigenvalue weighted by molar-refractivity contribution is -0.135. The van der Waals surface area contributed by atoms with E-state index < -0.39 is 0 Å². The van der Waals surface area contributed by atoms with E-state index in [4.69, 9.17) is 23.2 Å². The molecule has 1 saturated carbocycles. The molecule has 2 aromatic carbocycles. The molecule has 0 spiro atoms. The molecule has 2 amide bonds. The van der Waals surface area contributed by atoms with Crippen LogP contribution in [0.5, 0.6) is 0 Å². The summed E-state index contributed by atoms with van der Waals surface area (Å²) in [5, 5.41) is 4.53. The van der Waals surface area contributed by atoms with Crippen molar-refractivity contribution in [1.82, 2.24) is 20.0 Å². The monoisotopic (exact) mass is 668 g/mol. The predicted octanol–water partition coefficient (Wildman–Crippen LogP) is 5.47. The summed E-state index contributed by atoms with van der Waals surface area (Å²) < 4.78 is 1.07. The Balaban J connectivity index is 1.31. The van der Waals surface area contributed by atoms with Crippen LogP contribution in [0.25, 0.3) is 0 Å². The first-order valence-corrected chi connectivity index (χ1v) is 15.7. The summed E-state index contributed by atoms with van der Waals surface area (Å²) in [6, 6.07) is 12.1. The Labute approximate surface area is 249 Å². The topological polar surface area (TPSA) is 55.9 Å². The number of nitrogens with one attached hydrogen (secondary N) is 1. The van der Waals surface area contributed by atoms with Crippen LogP contribution in [0.2, 0.25) is 10.0 Å². The second kappa shape index (κ2) is 12.0. The van der Waals surface area contributed by atoms with Gasteiger partial charge < -0.3 is 15.1 Å². The summed E-state index contributed by atoms with van der Waals surface area (Å²) in [5.74, 6) is 0.651. The van der Waals surface area contributed by atoms with E-state index in [-0.39, 0.29) is 17.9 Å². The number of fused-ring (bicyclic) bond motifs is 3. The Morgan fingerprint density at radius 3 is 2.42 bits per heavy atom. The van der Waals surface area contributed by atoms with E-state index in [0.29, 0.717) is 59.8 Å². The van der Waals surface area contributed by atoms with E-state index in [2.05, 4.69) is 38.9 Å². The van der Waals surface area contributed by atoms with Crippen LogP contribution in [0.4, 0.5) is 0 Å². The Morgan fingerprint density at radius 2 is 1.76 bits per heavy atom. The van der Waals surface area contributed by atoms with Crippen LogP contribution in [-0.4, -0.2) is 75.9 Å². The fraction of sp³-hybridized carbons (Fsp3) is 0.517. The van der Waals surface area contributed by atoms with Gasteiger partial charge in [-0.25, -0.2) is 0 Å². The molecule has 1 N–H and O–H groups in total. The minimum atomic E-state index is -0.292. The van der Waals surface area contributed by atoms with Crippen molar-refractivity contribution in [1.29, 1.82) is 0 Å². The van der Waals surface area contributed by atoms with E-state index in [1.54, 1.807) is 6.07 Å². The summed E-state index contributed by atoms with van der Waals surface area (Å²) in [5.41, 5.74) is 3.70. The highest BCUT2D eigenvalue weighted by molar-refractivity contribution is 14.1. The number of amides is 2. The van der Waals surface area contributed by atoms with Gasteiger partial charge in [-0.2, -0.15) is 0 Å². The molecule has 3 aliphatic heterocycles. The maximum absolute atomic E-state index is 13.6. The number of piperazine rings is 1. The molecule has 3 heterocycles. The highest BCUT2D eigenvalue weighted by Gasteiger charge is 2.40. The Kier molecular flexibility index (Phi) is 8.89. The highest BCUT2D eigenvalue weighted by atomic mass is 127. The van der Waals surface area contributed by atoms with Gasteiger partial charge in [-0.3, -0.25) is 14.5 Å². The van der Waals surface area contributed by atoms with Crippen molar-refractivity contribution in [3.8, 4) is 0 Å². The molecule has 9 heteroatoms. The van der Waals surface area contributed by atoms with Crippen molar-refractivity contribution < 1.29 is 9.59 Å². The smallest absolute Gasteiger partial charge is 0.254 e. The van der Waals surface area contributed by atoms with Gasteiger partial charge in [0.1, 0.15) is 0 Å². The number of piperidine rings is 2. The summed E-state index contributed by atoms with van der Waals surface area (Å²) >= 11 is 15.0. The van der Waals surface area contributed by atoms with Gasteiger partial charge in [-0.05, 0) is 68.9 Å². The first-order valence-electron chi connectivity index (χ1n) is 13.4. The number of halogens is 3. The van der Waals surface area contributed by atoms with Crippen LogP contribution in [0.15, 0.2) is 36.4 Å². The van der Waals surface area contributed by atoms with E-state index in [9.17, 15) is 9.59 Å². The molecule has 4 unspecified atom stereocenters. The lowest BCUT2D eigenvalue weighted by atomic mass is 9.76. The standard InChI is InChI=1S/C29H35Cl2IN4O2/c1-18-9-19(2)11-22(10-18)29(38)34-7-8-36(27(16-34)20-4-6-24(30)25(31)12-20)28(37)14-33-26-13-23-5-3-21(26)15-35(23)17-32/h4,6,9-12,21,23,26-27,33H,3,5,7-8,13-17H2,1-2H3. The molecule has 4 aliphatic rings. The third-order valence-electron chi connectivity index (χ3n) is 8.41. The second-order valence-electron chi connectivity index (χ2n) is 11.0. The normalized spacial score (nSPS) is 25.6.